The van der Waals surface area contributed by atoms with Gasteiger partial charge in [0.2, 0.25) is 0 Å². The van der Waals surface area contributed by atoms with Crippen LogP contribution in [0.1, 0.15) is 25.8 Å². The molecule has 0 aromatic carbocycles. The zero-order chi connectivity index (χ0) is 11.3. The van der Waals surface area contributed by atoms with Crippen LogP contribution in [0.4, 0.5) is 5.82 Å². The number of aliphatic hydroxyl groups excluding tert-OH is 1. The van der Waals surface area contributed by atoms with Crippen LogP contribution in [0.5, 0.6) is 0 Å². The molecule has 0 bridgehead atoms. The zero-order valence-corrected chi connectivity index (χ0v) is 9.75. The average Bonchev–Trinajstić information content (AvgIpc) is 2.23. The highest BCUT2D eigenvalue weighted by Gasteiger charge is 2.10. The molecule has 1 unspecified atom stereocenters. The van der Waals surface area contributed by atoms with Crippen molar-refractivity contribution in [3.63, 3.8) is 0 Å². The monoisotopic (exact) mass is 229 g/mol. The number of nitrogens with zero attached hydrogens (tertiary/aromatic N) is 2. The molecular weight excluding hydrogens is 214 g/mol. The first-order chi connectivity index (χ1) is 7.19. The summed E-state index contributed by atoms with van der Waals surface area (Å²) in [6, 6.07) is -0.0356. The first-order valence-electron chi connectivity index (χ1n) is 5.05. The third kappa shape index (κ3) is 3.32. The second-order valence-corrected chi connectivity index (χ2v) is 3.83. The molecule has 0 radical (unpaired) electrons. The highest BCUT2D eigenvalue weighted by Crippen LogP contribution is 2.21. The van der Waals surface area contributed by atoms with Crippen molar-refractivity contribution in [3.8, 4) is 0 Å². The molecular formula is C10H16ClN3O. The summed E-state index contributed by atoms with van der Waals surface area (Å²) in [6.07, 6.45) is 3.24. The molecule has 1 heterocycles. The van der Waals surface area contributed by atoms with Crippen LogP contribution in [0.3, 0.4) is 0 Å². The number of anilines is 1. The molecule has 15 heavy (non-hydrogen) atoms. The maximum Gasteiger partial charge on any atom is 0.137 e. The van der Waals surface area contributed by atoms with Crippen molar-refractivity contribution in [3.05, 3.63) is 17.0 Å². The Hall–Kier alpha value is -0.870. The van der Waals surface area contributed by atoms with E-state index in [1.807, 2.05) is 6.92 Å². The summed E-state index contributed by atoms with van der Waals surface area (Å²) in [5.74, 6) is 0.721. The van der Waals surface area contributed by atoms with Gasteiger partial charge in [-0.3, -0.25) is 0 Å². The Morgan fingerprint density at radius 3 is 2.87 bits per heavy atom. The van der Waals surface area contributed by atoms with Crippen LogP contribution in [0.25, 0.3) is 0 Å². The van der Waals surface area contributed by atoms with E-state index in [-0.39, 0.29) is 12.6 Å². The molecule has 0 aliphatic heterocycles. The van der Waals surface area contributed by atoms with Crippen LogP contribution in [-0.4, -0.2) is 27.7 Å². The fourth-order valence-electron chi connectivity index (χ4n) is 1.27. The molecule has 1 aromatic heterocycles. The van der Waals surface area contributed by atoms with Crippen molar-refractivity contribution in [1.82, 2.24) is 9.97 Å². The van der Waals surface area contributed by atoms with E-state index in [0.717, 1.165) is 24.2 Å². The number of rotatable bonds is 5. The zero-order valence-electron chi connectivity index (χ0n) is 9.00. The summed E-state index contributed by atoms with van der Waals surface area (Å²) < 4.78 is 0. The van der Waals surface area contributed by atoms with E-state index >= 15 is 0 Å². The number of aliphatic hydroxyl groups is 1. The molecule has 1 aromatic rings. The van der Waals surface area contributed by atoms with Gasteiger partial charge in [0.1, 0.15) is 17.3 Å². The van der Waals surface area contributed by atoms with Crippen molar-refractivity contribution in [1.29, 1.82) is 0 Å². The second-order valence-electron chi connectivity index (χ2n) is 3.47. The molecule has 1 atom stereocenters. The van der Waals surface area contributed by atoms with Gasteiger partial charge in [-0.1, -0.05) is 24.9 Å². The second kappa shape index (κ2) is 5.88. The topological polar surface area (TPSA) is 58.0 Å². The Kier molecular flexibility index (Phi) is 4.78. The van der Waals surface area contributed by atoms with Gasteiger partial charge in [-0.05, 0) is 13.3 Å². The van der Waals surface area contributed by atoms with E-state index in [4.69, 9.17) is 16.7 Å². The summed E-state index contributed by atoms with van der Waals surface area (Å²) in [5, 5.41) is 12.5. The Morgan fingerprint density at radius 2 is 2.27 bits per heavy atom. The van der Waals surface area contributed by atoms with Crippen LogP contribution >= 0.6 is 11.6 Å². The van der Waals surface area contributed by atoms with Crippen molar-refractivity contribution < 1.29 is 5.11 Å². The third-order valence-electron chi connectivity index (χ3n) is 2.05. The van der Waals surface area contributed by atoms with E-state index in [0.29, 0.717) is 5.15 Å². The van der Waals surface area contributed by atoms with Gasteiger partial charge in [0.05, 0.1) is 6.61 Å². The lowest BCUT2D eigenvalue weighted by Gasteiger charge is -2.15. The van der Waals surface area contributed by atoms with Gasteiger partial charge in [-0.2, -0.15) is 0 Å². The molecule has 0 aliphatic carbocycles. The molecule has 0 amide bonds. The number of halogens is 1. The maximum absolute atomic E-state index is 8.95. The largest absolute Gasteiger partial charge is 0.394 e. The van der Waals surface area contributed by atoms with Gasteiger partial charge in [-0.25, -0.2) is 9.97 Å². The van der Waals surface area contributed by atoms with Gasteiger partial charge >= 0.3 is 0 Å². The fourth-order valence-corrected chi connectivity index (χ4v) is 1.49. The summed E-state index contributed by atoms with van der Waals surface area (Å²) in [4.78, 5) is 8.07. The first-order valence-corrected chi connectivity index (χ1v) is 5.43. The van der Waals surface area contributed by atoms with E-state index in [1.165, 1.54) is 6.33 Å². The quantitative estimate of drug-likeness (QED) is 0.757. The minimum absolute atomic E-state index is 0.0356. The highest BCUT2D eigenvalue weighted by molar-refractivity contribution is 6.30. The van der Waals surface area contributed by atoms with Crippen LogP contribution in [0.2, 0.25) is 5.15 Å². The summed E-state index contributed by atoms with van der Waals surface area (Å²) >= 11 is 5.98. The molecule has 5 heteroatoms. The fraction of sp³-hybridized carbons (Fsp3) is 0.600. The van der Waals surface area contributed by atoms with Gasteiger partial charge in [-0.15, -0.1) is 0 Å². The molecule has 2 N–H and O–H groups in total. The number of aromatic nitrogens is 2. The molecule has 0 saturated carbocycles. The van der Waals surface area contributed by atoms with Crippen LogP contribution in [0.15, 0.2) is 6.33 Å². The van der Waals surface area contributed by atoms with E-state index < -0.39 is 0 Å². The maximum atomic E-state index is 8.95. The van der Waals surface area contributed by atoms with Crippen molar-refractivity contribution in [2.45, 2.75) is 32.7 Å². The lowest BCUT2D eigenvalue weighted by atomic mass is 10.2. The van der Waals surface area contributed by atoms with E-state index in [2.05, 4.69) is 22.2 Å². The first kappa shape index (κ1) is 12.2. The van der Waals surface area contributed by atoms with Gasteiger partial charge < -0.3 is 10.4 Å². The molecule has 0 saturated heterocycles. The van der Waals surface area contributed by atoms with Crippen LogP contribution < -0.4 is 5.32 Å². The standard InChI is InChI=1S/C10H16ClN3O/c1-3-4-8-9(11)12-6-13-10(8)14-7(2)5-15/h6-7,15H,3-5H2,1-2H3,(H,12,13,14). The van der Waals surface area contributed by atoms with Crippen LogP contribution in [0, 0.1) is 0 Å². The van der Waals surface area contributed by atoms with Crippen molar-refractivity contribution in [2.24, 2.45) is 0 Å². The predicted molar refractivity (Wildman–Crippen MR) is 61.2 cm³/mol. The Bertz CT molecular complexity index is 320. The van der Waals surface area contributed by atoms with E-state index in [1.54, 1.807) is 0 Å². The SMILES string of the molecule is CCCc1c(Cl)ncnc1NC(C)CO. The average molecular weight is 230 g/mol. The Morgan fingerprint density at radius 1 is 1.53 bits per heavy atom. The normalized spacial score (nSPS) is 12.5. The van der Waals surface area contributed by atoms with Crippen molar-refractivity contribution in [2.75, 3.05) is 11.9 Å². The molecule has 0 fully saturated rings. The molecule has 84 valence electrons. The minimum Gasteiger partial charge on any atom is -0.394 e. The van der Waals surface area contributed by atoms with Gasteiger partial charge in [0, 0.05) is 11.6 Å². The van der Waals surface area contributed by atoms with Gasteiger partial charge in [0.15, 0.2) is 0 Å². The molecule has 4 nitrogen and oxygen atoms in total. The summed E-state index contributed by atoms with van der Waals surface area (Å²) in [6.45, 7) is 4.02. The lowest BCUT2D eigenvalue weighted by molar-refractivity contribution is 0.281. The smallest absolute Gasteiger partial charge is 0.137 e. The molecule has 0 spiro atoms. The lowest BCUT2D eigenvalue weighted by Crippen LogP contribution is -2.21. The molecule has 0 aliphatic rings. The third-order valence-corrected chi connectivity index (χ3v) is 2.38. The number of nitrogens with one attached hydrogen (secondary N) is 1. The summed E-state index contributed by atoms with van der Waals surface area (Å²) in [5.41, 5.74) is 0.918. The van der Waals surface area contributed by atoms with Crippen molar-refractivity contribution >= 4 is 17.4 Å². The van der Waals surface area contributed by atoms with Gasteiger partial charge in [0.25, 0.3) is 0 Å². The Balaban J connectivity index is 2.89. The summed E-state index contributed by atoms with van der Waals surface area (Å²) in [7, 11) is 0. The Labute approximate surface area is 94.7 Å². The number of hydrogen-bond donors (Lipinski definition) is 2. The van der Waals surface area contributed by atoms with Crippen LogP contribution in [-0.2, 0) is 6.42 Å². The highest BCUT2D eigenvalue weighted by atomic mass is 35.5. The molecule has 1 rings (SSSR count). The van der Waals surface area contributed by atoms with E-state index in [9.17, 15) is 0 Å². The number of hydrogen-bond acceptors (Lipinski definition) is 4. The predicted octanol–water partition coefficient (Wildman–Crippen LogP) is 1.88. The minimum atomic E-state index is -0.0356.